The SMILES string of the molecule is CCCC[C@@H]1NC(C(=O)O)CS1. The molecule has 0 bridgehead atoms. The molecule has 3 nitrogen and oxygen atoms in total. The molecule has 0 saturated carbocycles. The number of aliphatic carboxylic acids is 1. The molecular formula is C8H15NO2S. The molecule has 0 radical (unpaired) electrons. The minimum atomic E-state index is -0.721. The van der Waals surface area contributed by atoms with Crippen molar-refractivity contribution in [2.45, 2.75) is 37.6 Å². The van der Waals surface area contributed by atoms with Crippen LogP contribution in [0.3, 0.4) is 0 Å². The number of unbranched alkanes of at least 4 members (excludes halogenated alkanes) is 1. The van der Waals surface area contributed by atoms with Crippen LogP contribution in [0, 0.1) is 0 Å². The molecule has 12 heavy (non-hydrogen) atoms. The van der Waals surface area contributed by atoms with Gasteiger partial charge in [0.2, 0.25) is 0 Å². The van der Waals surface area contributed by atoms with Crippen molar-refractivity contribution in [3.8, 4) is 0 Å². The number of nitrogens with one attached hydrogen (secondary N) is 1. The van der Waals surface area contributed by atoms with Gasteiger partial charge in [-0.1, -0.05) is 19.8 Å². The summed E-state index contributed by atoms with van der Waals surface area (Å²) in [5.41, 5.74) is 0. The highest BCUT2D eigenvalue weighted by molar-refractivity contribution is 8.00. The van der Waals surface area contributed by atoms with E-state index < -0.39 is 5.97 Å². The summed E-state index contributed by atoms with van der Waals surface area (Å²) in [7, 11) is 0. The van der Waals surface area contributed by atoms with Gasteiger partial charge >= 0.3 is 5.97 Å². The average Bonchev–Trinajstić information content (AvgIpc) is 2.48. The zero-order valence-corrected chi connectivity index (χ0v) is 8.06. The summed E-state index contributed by atoms with van der Waals surface area (Å²) in [6, 6.07) is -0.322. The minimum absolute atomic E-state index is 0.322. The lowest BCUT2D eigenvalue weighted by atomic mass is 10.2. The van der Waals surface area contributed by atoms with Gasteiger partial charge in [-0.25, -0.2) is 0 Å². The minimum Gasteiger partial charge on any atom is -0.480 e. The van der Waals surface area contributed by atoms with Crippen molar-refractivity contribution in [1.82, 2.24) is 5.32 Å². The van der Waals surface area contributed by atoms with Crippen molar-refractivity contribution < 1.29 is 9.90 Å². The molecule has 1 fully saturated rings. The van der Waals surface area contributed by atoms with Crippen molar-refractivity contribution in [3.05, 3.63) is 0 Å². The second kappa shape index (κ2) is 4.72. The third kappa shape index (κ3) is 2.68. The molecule has 70 valence electrons. The predicted octanol–water partition coefficient (Wildman–Crippen LogP) is 1.29. The Morgan fingerprint density at radius 1 is 1.75 bits per heavy atom. The van der Waals surface area contributed by atoms with Crippen molar-refractivity contribution in [3.63, 3.8) is 0 Å². The van der Waals surface area contributed by atoms with Crippen molar-refractivity contribution in [2.24, 2.45) is 0 Å². The van der Waals surface area contributed by atoms with Crippen LogP contribution in [0.2, 0.25) is 0 Å². The summed E-state index contributed by atoms with van der Waals surface area (Å²) in [6.07, 6.45) is 3.44. The number of hydrogen-bond acceptors (Lipinski definition) is 3. The fourth-order valence-corrected chi connectivity index (χ4v) is 2.49. The molecule has 0 amide bonds. The monoisotopic (exact) mass is 189 g/mol. The Bertz CT molecular complexity index is 163. The summed E-state index contributed by atoms with van der Waals surface area (Å²) < 4.78 is 0. The number of carboxylic acids is 1. The molecule has 1 unspecified atom stereocenters. The molecular weight excluding hydrogens is 174 g/mol. The quantitative estimate of drug-likeness (QED) is 0.699. The highest BCUT2D eigenvalue weighted by atomic mass is 32.2. The smallest absolute Gasteiger partial charge is 0.321 e. The van der Waals surface area contributed by atoms with Gasteiger partial charge in [-0.3, -0.25) is 10.1 Å². The van der Waals surface area contributed by atoms with E-state index in [0.717, 1.165) is 6.42 Å². The van der Waals surface area contributed by atoms with E-state index in [1.807, 2.05) is 0 Å². The Labute approximate surface area is 76.9 Å². The Hall–Kier alpha value is -0.220. The summed E-state index contributed by atoms with van der Waals surface area (Å²) in [5.74, 6) is -0.00882. The van der Waals surface area contributed by atoms with Gasteiger partial charge in [0.15, 0.2) is 0 Å². The Morgan fingerprint density at radius 3 is 3.00 bits per heavy atom. The summed E-state index contributed by atoms with van der Waals surface area (Å²) in [6.45, 7) is 2.15. The Kier molecular flexibility index (Phi) is 3.88. The van der Waals surface area contributed by atoms with Crippen LogP contribution in [-0.4, -0.2) is 28.2 Å². The molecule has 0 aromatic rings. The van der Waals surface area contributed by atoms with Gasteiger partial charge < -0.3 is 5.11 Å². The first kappa shape index (κ1) is 9.86. The highest BCUT2D eigenvalue weighted by Crippen LogP contribution is 2.22. The van der Waals surface area contributed by atoms with Gasteiger partial charge in [0, 0.05) is 5.75 Å². The molecule has 1 rings (SSSR count). The van der Waals surface area contributed by atoms with E-state index in [4.69, 9.17) is 5.11 Å². The molecule has 1 heterocycles. The molecule has 0 aromatic carbocycles. The lowest BCUT2D eigenvalue weighted by Gasteiger charge is -2.09. The van der Waals surface area contributed by atoms with E-state index in [-0.39, 0.29) is 6.04 Å². The lowest BCUT2D eigenvalue weighted by molar-refractivity contribution is -0.138. The third-order valence-electron chi connectivity index (χ3n) is 1.97. The van der Waals surface area contributed by atoms with Gasteiger partial charge in [-0.2, -0.15) is 0 Å². The van der Waals surface area contributed by atoms with E-state index >= 15 is 0 Å². The summed E-state index contributed by atoms with van der Waals surface area (Å²) in [4.78, 5) is 10.5. The molecule has 2 N–H and O–H groups in total. The van der Waals surface area contributed by atoms with Crippen LogP contribution in [0.4, 0.5) is 0 Å². The van der Waals surface area contributed by atoms with E-state index in [1.165, 1.54) is 12.8 Å². The largest absolute Gasteiger partial charge is 0.480 e. The van der Waals surface area contributed by atoms with Crippen LogP contribution >= 0.6 is 11.8 Å². The van der Waals surface area contributed by atoms with E-state index in [2.05, 4.69) is 12.2 Å². The molecule has 0 spiro atoms. The van der Waals surface area contributed by atoms with Gasteiger partial charge in [0.25, 0.3) is 0 Å². The first-order valence-electron chi connectivity index (χ1n) is 4.34. The molecule has 0 aromatic heterocycles. The zero-order valence-electron chi connectivity index (χ0n) is 7.25. The second-order valence-corrected chi connectivity index (χ2v) is 4.26. The first-order valence-corrected chi connectivity index (χ1v) is 5.39. The third-order valence-corrected chi connectivity index (χ3v) is 3.27. The van der Waals surface area contributed by atoms with E-state index in [0.29, 0.717) is 11.1 Å². The average molecular weight is 189 g/mol. The summed E-state index contributed by atoms with van der Waals surface area (Å²) >= 11 is 1.73. The Morgan fingerprint density at radius 2 is 2.50 bits per heavy atom. The maximum Gasteiger partial charge on any atom is 0.321 e. The van der Waals surface area contributed by atoms with Crippen molar-refractivity contribution >= 4 is 17.7 Å². The van der Waals surface area contributed by atoms with Crippen LogP contribution < -0.4 is 5.32 Å². The number of carboxylic acid groups (broad SMARTS) is 1. The molecule has 4 heteroatoms. The fraction of sp³-hybridized carbons (Fsp3) is 0.875. The fourth-order valence-electron chi connectivity index (χ4n) is 1.23. The van der Waals surface area contributed by atoms with Crippen LogP contribution in [0.5, 0.6) is 0 Å². The zero-order chi connectivity index (χ0) is 8.97. The lowest BCUT2D eigenvalue weighted by Crippen LogP contribution is -2.36. The van der Waals surface area contributed by atoms with Crippen molar-refractivity contribution in [1.29, 1.82) is 0 Å². The molecule has 1 aliphatic heterocycles. The van der Waals surface area contributed by atoms with Crippen LogP contribution in [0.1, 0.15) is 26.2 Å². The normalized spacial score (nSPS) is 29.1. The first-order chi connectivity index (χ1) is 5.74. The number of rotatable bonds is 4. The highest BCUT2D eigenvalue weighted by Gasteiger charge is 2.28. The number of thioether (sulfide) groups is 1. The van der Waals surface area contributed by atoms with Crippen LogP contribution in [-0.2, 0) is 4.79 Å². The topological polar surface area (TPSA) is 49.3 Å². The van der Waals surface area contributed by atoms with Gasteiger partial charge in [0.05, 0.1) is 5.37 Å². The molecule has 1 aliphatic rings. The maximum atomic E-state index is 10.5. The number of carbonyl (C=O) groups is 1. The van der Waals surface area contributed by atoms with E-state index in [1.54, 1.807) is 11.8 Å². The molecule has 2 atom stereocenters. The van der Waals surface area contributed by atoms with Gasteiger partial charge in [-0.15, -0.1) is 11.8 Å². The Balaban J connectivity index is 2.21. The second-order valence-electron chi connectivity index (χ2n) is 3.02. The summed E-state index contributed by atoms with van der Waals surface area (Å²) in [5, 5.41) is 12.1. The van der Waals surface area contributed by atoms with Crippen molar-refractivity contribution in [2.75, 3.05) is 5.75 Å². The standard InChI is InChI=1S/C8H15NO2S/c1-2-3-4-7-9-6(5-12-7)8(10)11/h6-7,9H,2-5H2,1H3,(H,10,11)/t6?,7-/m1/s1. The van der Waals surface area contributed by atoms with Gasteiger partial charge in [-0.05, 0) is 6.42 Å². The van der Waals surface area contributed by atoms with E-state index in [9.17, 15) is 4.79 Å². The molecule has 1 saturated heterocycles. The maximum absolute atomic E-state index is 10.5. The number of hydrogen-bond donors (Lipinski definition) is 2. The predicted molar refractivity (Wildman–Crippen MR) is 50.3 cm³/mol. The van der Waals surface area contributed by atoms with Crippen LogP contribution in [0.15, 0.2) is 0 Å². The molecule has 0 aliphatic carbocycles. The van der Waals surface area contributed by atoms with Crippen LogP contribution in [0.25, 0.3) is 0 Å². The van der Waals surface area contributed by atoms with Gasteiger partial charge in [0.1, 0.15) is 6.04 Å².